The first-order chi connectivity index (χ1) is 19.1. The van der Waals surface area contributed by atoms with Crippen LogP contribution in [0.2, 0.25) is 0 Å². The van der Waals surface area contributed by atoms with Gasteiger partial charge in [0.2, 0.25) is 0 Å². The van der Waals surface area contributed by atoms with Crippen LogP contribution in [0.3, 0.4) is 0 Å². The predicted molar refractivity (Wildman–Crippen MR) is 141 cm³/mol. The zero-order valence-electron chi connectivity index (χ0n) is 22.8. The molecule has 2 aliphatic heterocycles. The van der Waals surface area contributed by atoms with E-state index in [-0.39, 0.29) is 32.2 Å². The highest BCUT2D eigenvalue weighted by molar-refractivity contribution is 5.02. The maximum absolute atomic E-state index is 11.5. The quantitative estimate of drug-likeness (QED) is 0.0848. The van der Waals surface area contributed by atoms with E-state index in [0.29, 0.717) is 32.4 Å². The Balaban J connectivity index is 1.73. The summed E-state index contributed by atoms with van der Waals surface area (Å²) in [5, 5.41) is 67.2. The molecule has 40 heavy (non-hydrogen) atoms. The normalized spacial score (nSPS) is 43.5. The van der Waals surface area contributed by atoms with E-state index in [0.717, 1.165) is 0 Å². The fourth-order valence-electron chi connectivity index (χ4n) is 5.33. The van der Waals surface area contributed by atoms with E-state index in [9.17, 15) is 25.5 Å². The van der Waals surface area contributed by atoms with Crippen LogP contribution in [0.5, 0.6) is 0 Å². The highest BCUT2D eigenvalue weighted by Gasteiger charge is 2.50. The molecule has 1 saturated carbocycles. The second kappa shape index (κ2) is 16.3. The number of hydrogen-bond acceptors (Lipinski definition) is 16. The van der Waals surface area contributed by atoms with E-state index < -0.39 is 86.1 Å². The van der Waals surface area contributed by atoms with Crippen LogP contribution in [-0.4, -0.2) is 156 Å². The fraction of sp³-hybridized carbons (Fsp3) is 1.00. The molecule has 2 saturated heterocycles. The molecule has 2 heterocycles. The van der Waals surface area contributed by atoms with Crippen molar-refractivity contribution in [2.45, 2.75) is 111 Å². The second-order valence-electron chi connectivity index (χ2n) is 10.9. The summed E-state index contributed by atoms with van der Waals surface area (Å²) < 4.78 is 23.9. The monoisotopic (exact) mass is 582 g/mol. The van der Waals surface area contributed by atoms with Gasteiger partial charge in [-0.2, -0.15) is 0 Å². The summed E-state index contributed by atoms with van der Waals surface area (Å²) in [6, 6.07) is -2.95. The third kappa shape index (κ3) is 8.70. The van der Waals surface area contributed by atoms with Gasteiger partial charge in [0, 0.05) is 38.3 Å². The molecule has 0 spiro atoms. The smallest absolute Gasteiger partial charge is 0.186 e. The SMILES string of the molecule is NCC(O)CN[C@@H]1C[C@H](N)C(O[C@H]2O[C@H](CNCCCO)CC[C@H]2N)[C@H](O)[C@H]1O[C@H]1O[C@H](CO)[C@@H](O)[C@H](N)[C@H]1O. The Hall–Kier alpha value is -0.640. The molecule has 16 nitrogen and oxygen atoms in total. The first-order valence-electron chi connectivity index (χ1n) is 14.1. The Kier molecular flexibility index (Phi) is 13.8. The van der Waals surface area contributed by atoms with Crippen LogP contribution in [0, 0.1) is 0 Å². The molecular weight excluding hydrogens is 532 g/mol. The van der Waals surface area contributed by atoms with Crippen molar-refractivity contribution in [2.75, 3.05) is 39.4 Å². The van der Waals surface area contributed by atoms with Crippen LogP contribution in [0.15, 0.2) is 0 Å². The zero-order valence-corrected chi connectivity index (χ0v) is 22.8. The van der Waals surface area contributed by atoms with Gasteiger partial charge in [0.15, 0.2) is 12.6 Å². The van der Waals surface area contributed by atoms with Gasteiger partial charge in [-0.15, -0.1) is 0 Å². The molecular formula is C24H50N6O10. The van der Waals surface area contributed by atoms with Crippen molar-refractivity contribution in [3.63, 3.8) is 0 Å². The number of aliphatic hydroxyl groups is 6. The van der Waals surface area contributed by atoms with Gasteiger partial charge in [0.25, 0.3) is 0 Å². The molecule has 0 aromatic heterocycles. The van der Waals surface area contributed by atoms with Gasteiger partial charge >= 0.3 is 0 Å². The topological polar surface area (TPSA) is 286 Å². The first-order valence-corrected chi connectivity index (χ1v) is 14.1. The molecule has 0 amide bonds. The number of ether oxygens (including phenoxy) is 4. The van der Waals surface area contributed by atoms with E-state index in [1.807, 2.05) is 0 Å². The fourth-order valence-corrected chi connectivity index (χ4v) is 5.33. The van der Waals surface area contributed by atoms with Crippen molar-refractivity contribution in [1.29, 1.82) is 0 Å². The summed E-state index contributed by atoms with van der Waals surface area (Å²) in [5.74, 6) is 0. The highest BCUT2D eigenvalue weighted by atomic mass is 16.7. The highest BCUT2D eigenvalue weighted by Crippen LogP contribution is 2.31. The molecule has 0 aromatic carbocycles. The zero-order chi connectivity index (χ0) is 29.4. The van der Waals surface area contributed by atoms with Crippen LogP contribution in [0.25, 0.3) is 0 Å². The van der Waals surface area contributed by atoms with Gasteiger partial charge in [-0.05, 0) is 32.2 Å². The van der Waals surface area contributed by atoms with Gasteiger partial charge in [-0.25, -0.2) is 0 Å². The Morgan fingerprint density at radius 2 is 1.62 bits per heavy atom. The van der Waals surface area contributed by atoms with Crippen LogP contribution in [0.1, 0.15) is 25.7 Å². The van der Waals surface area contributed by atoms with Crippen LogP contribution < -0.4 is 33.6 Å². The molecule has 0 aromatic rings. The lowest BCUT2D eigenvalue weighted by molar-refractivity contribution is -0.314. The summed E-state index contributed by atoms with van der Waals surface area (Å²) in [4.78, 5) is 0. The second-order valence-corrected chi connectivity index (χ2v) is 10.9. The molecule has 16 N–H and O–H groups in total. The summed E-state index contributed by atoms with van der Waals surface area (Å²) in [7, 11) is 0. The standard InChI is InChI=1S/C24H50N6O10/c25-7-11(33)8-30-15-6-14(27)21(39-23-13(26)3-2-12(37-23)9-29-4-1-5-31)20(36)22(15)40-24-19(35)17(28)18(34)16(10-32)38-24/h11-24,29-36H,1-10,25-28H2/t11?,12-,13+,14-,15+,16+,17-,18+,19+,20-,21?,22-,23+,24+/m0/s1. The maximum Gasteiger partial charge on any atom is 0.186 e. The van der Waals surface area contributed by atoms with Gasteiger partial charge in [0.1, 0.15) is 36.6 Å². The third-order valence-electron chi connectivity index (χ3n) is 7.81. The average molecular weight is 583 g/mol. The molecule has 236 valence electrons. The Morgan fingerprint density at radius 1 is 0.900 bits per heavy atom. The molecule has 16 heteroatoms. The minimum Gasteiger partial charge on any atom is -0.396 e. The van der Waals surface area contributed by atoms with Crippen molar-refractivity contribution in [3.05, 3.63) is 0 Å². The van der Waals surface area contributed by atoms with Crippen molar-refractivity contribution in [1.82, 2.24) is 10.6 Å². The number of nitrogens with two attached hydrogens (primary N) is 4. The molecule has 3 aliphatic rings. The predicted octanol–water partition coefficient (Wildman–Crippen LogP) is -6.30. The van der Waals surface area contributed by atoms with Gasteiger partial charge < -0.3 is 83.2 Å². The van der Waals surface area contributed by atoms with Crippen LogP contribution in [-0.2, 0) is 18.9 Å². The van der Waals surface area contributed by atoms with Gasteiger partial charge in [0.05, 0.1) is 30.9 Å². The molecule has 0 radical (unpaired) electrons. The van der Waals surface area contributed by atoms with Crippen LogP contribution in [0.4, 0.5) is 0 Å². The molecule has 2 unspecified atom stereocenters. The lowest BCUT2D eigenvalue weighted by atomic mass is 9.83. The van der Waals surface area contributed by atoms with Crippen molar-refractivity contribution < 1.29 is 49.6 Å². The summed E-state index contributed by atoms with van der Waals surface area (Å²) >= 11 is 0. The first kappa shape index (κ1) is 33.9. The van der Waals surface area contributed by atoms with Gasteiger partial charge in [-0.1, -0.05) is 0 Å². The number of rotatable bonds is 14. The molecule has 1 aliphatic carbocycles. The number of aliphatic hydroxyl groups excluding tert-OH is 6. The minimum absolute atomic E-state index is 0.00783. The molecule has 0 bridgehead atoms. The Labute approximate surface area is 234 Å². The molecule has 3 fully saturated rings. The third-order valence-corrected chi connectivity index (χ3v) is 7.81. The van der Waals surface area contributed by atoms with E-state index >= 15 is 0 Å². The maximum atomic E-state index is 11.5. The number of nitrogens with one attached hydrogen (secondary N) is 2. The van der Waals surface area contributed by atoms with E-state index in [1.165, 1.54) is 0 Å². The van der Waals surface area contributed by atoms with Crippen molar-refractivity contribution >= 4 is 0 Å². The van der Waals surface area contributed by atoms with Crippen LogP contribution >= 0.6 is 0 Å². The van der Waals surface area contributed by atoms with Gasteiger partial charge in [-0.3, -0.25) is 0 Å². The lowest BCUT2D eigenvalue weighted by Crippen LogP contribution is -2.68. The Bertz CT molecular complexity index is 732. The van der Waals surface area contributed by atoms with E-state index in [1.54, 1.807) is 0 Å². The Morgan fingerprint density at radius 3 is 2.30 bits per heavy atom. The van der Waals surface area contributed by atoms with Crippen molar-refractivity contribution in [3.8, 4) is 0 Å². The molecule has 14 atom stereocenters. The minimum atomic E-state index is -1.47. The van der Waals surface area contributed by atoms with Crippen molar-refractivity contribution in [2.24, 2.45) is 22.9 Å². The number of hydrogen-bond donors (Lipinski definition) is 12. The summed E-state index contributed by atoms with van der Waals surface area (Å²) in [5.41, 5.74) is 24.2. The van der Waals surface area contributed by atoms with E-state index in [4.69, 9.17) is 47.0 Å². The average Bonchev–Trinajstić information content (AvgIpc) is 2.94. The molecule has 3 rings (SSSR count). The lowest BCUT2D eigenvalue weighted by Gasteiger charge is -2.48. The van der Waals surface area contributed by atoms with E-state index in [2.05, 4.69) is 10.6 Å². The largest absolute Gasteiger partial charge is 0.396 e. The summed E-state index contributed by atoms with van der Waals surface area (Å²) in [6.45, 7) is 0.796. The summed E-state index contributed by atoms with van der Waals surface area (Å²) in [6.07, 6.45) is -8.42.